The smallest absolute Gasteiger partial charge is 0.119 e. The van der Waals surface area contributed by atoms with Crippen molar-refractivity contribution in [1.82, 2.24) is 0 Å². The Bertz CT molecular complexity index is 345. The molecule has 0 radical (unpaired) electrons. The van der Waals surface area contributed by atoms with E-state index in [2.05, 4.69) is 35.8 Å². The molecule has 3 heteroatoms. The molecule has 0 saturated carbocycles. The highest BCUT2D eigenvalue weighted by molar-refractivity contribution is 9.10. The van der Waals surface area contributed by atoms with Crippen molar-refractivity contribution in [2.24, 2.45) is 0 Å². The normalized spacial score (nSPS) is 10.8. The molecule has 1 aromatic carbocycles. The third-order valence-electron chi connectivity index (χ3n) is 1.95. The van der Waals surface area contributed by atoms with Gasteiger partial charge in [0.2, 0.25) is 0 Å². The van der Waals surface area contributed by atoms with Crippen molar-refractivity contribution in [2.45, 2.75) is 24.6 Å². The lowest BCUT2D eigenvalue weighted by molar-refractivity contribution is 0.298. The molecule has 0 aliphatic heterocycles. The van der Waals surface area contributed by atoms with Gasteiger partial charge in [-0.2, -0.15) is 5.26 Å². The molecule has 0 unspecified atom stereocenters. The van der Waals surface area contributed by atoms with Crippen LogP contribution >= 0.6 is 15.9 Å². The van der Waals surface area contributed by atoms with E-state index in [1.165, 1.54) is 0 Å². The number of hydrogen-bond acceptors (Lipinski definition) is 2. The predicted molar refractivity (Wildman–Crippen MR) is 64.3 cm³/mol. The van der Waals surface area contributed by atoms with Crippen LogP contribution in [0.25, 0.3) is 0 Å². The molecule has 0 heterocycles. The van der Waals surface area contributed by atoms with E-state index in [-0.39, 0.29) is 4.32 Å². The molecule has 0 amide bonds. The molecule has 0 aliphatic carbocycles. The zero-order chi connectivity index (χ0) is 11.3. The molecular weight excluding hydrogens is 254 g/mol. The standard InChI is InChI=1S/C12H14BrNO/c1-12(2,13)7-8-15-11-5-3-10(9-14)4-6-11/h3-6H,7-8H2,1-2H3. The van der Waals surface area contributed by atoms with Gasteiger partial charge in [-0.25, -0.2) is 0 Å². The number of alkyl halides is 1. The van der Waals surface area contributed by atoms with Crippen molar-refractivity contribution >= 4 is 15.9 Å². The second-order valence-corrected chi connectivity index (χ2v) is 6.10. The average Bonchev–Trinajstić information content (AvgIpc) is 2.17. The van der Waals surface area contributed by atoms with Gasteiger partial charge in [0.05, 0.1) is 18.2 Å². The summed E-state index contributed by atoms with van der Waals surface area (Å²) in [4.78, 5) is 0. The Morgan fingerprint density at radius 1 is 1.33 bits per heavy atom. The molecular formula is C12H14BrNO. The molecule has 1 rings (SSSR count). The first-order valence-corrected chi connectivity index (χ1v) is 5.62. The van der Waals surface area contributed by atoms with Gasteiger partial charge in [0.15, 0.2) is 0 Å². The van der Waals surface area contributed by atoms with E-state index in [1.807, 2.05) is 12.1 Å². The molecule has 15 heavy (non-hydrogen) atoms. The van der Waals surface area contributed by atoms with Crippen molar-refractivity contribution in [1.29, 1.82) is 5.26 Å². The Kier molecular flexibility index (Phi) is 4.16. The second kappa shape index (κ2) is 5.18. The summed E-state index contributed by atoms with van der Waals surface area (Å²) in [6.45, 7) is 4.88. The van der Waals surface area contributed by atoms with E-state index in [4.69, 9.17) is 10.00 Å². The first kappa shape index (κ1) is 12.1. The Morgan fingerprint density at radius 3 is 2.40 bits per heavy atom. The lowest BCUT2D eigenvalue weighted by atomic mass is 10.1. The molecule has 0 fully saturated rings. The summed E-state index contributed by atoms with van der Waals surface area (Å²) in [5.74, 6) is 0.811. The maximum atomic E-state index is 8.61. The maximum absolute atomic E-state index is 8.61. The van der Waals surface area contributed by atoms with E-state index in [9.17, 15) is 0 Å². The van der Waals surface area contributed by atoms with Crippen LogP contribution in [0.2, 0.25) is 0 Å². The van der Waals surface area contributed by atoms with E-state index >= 15 is 0 Å². The fourth-order valence-corrected chi connectivity index (χ4v) is 1.20. The first-order valence-electron chi connectivity index (χ1n) is 4.83. The quantitative estimate of drug-likeness (QED) is 0.783. The number of ether oxygens (including phenoxy) is 1. The SMILES string of the molecule is CC(C)(Br)CCOc1ccc(C#N)cc1. The molecule has 0 aliphatic rings. The van der Waals surface area contributed by atoms with Gasteiger partial charge in [-0.3, -0.25) is 0 Å². The van der Waals surface area contributed by atoms with Crippen LogP contribution in [0.3, 0.4) is 0 Å². The van der Waals surface area contributed by atoms with Crippen molar-refractivity contribution in [2.75, 3.05) is 6.61 Å². The number of rotatable bonds is 4. The lowest BCUT2D eigenvalue weighted by Gasteiger charge is -2.16. The summed E-state index contributed by atoms with van der Waals surface area (Å²) < 4.78 is 5.65. The van der Waals surface area contributed by atoms with E-state index in [0.29, 0.717) is 12.2 Å². The zero-order valence-electron chi connectivity index (χ0n) is 8.96. The van der Waals surface area contributed by atoms with Gasteiger partial charge in [0.1, 0.15) is 5.75 Å². The minimum absolute atomic E-state index is 0.111. The van der Waals surface area contributed by atoms with Crippen molar-refractivity contribution in [3.8, 4) is 11.8 Å². The highest BCUT2D eigenvalue weighted by Gasteiger charge is 2.11. The summed E-state index contributed by atoms with van der Waals surface area (Å²) in [6, 6.07) is 9.23. The van der Waals surface area contributed by atoms with Gasteiger partial charge in [0, 0.05) is 4.32 Å². The van der Waals surface area contributed by atoms with Gasteiger partial charge >= 0.3 is 0 Å². The molecule has 0 bridgehead atoms. The van der Waals surface area contributed by atoms with Gasteiger partial charge in [-0.05, 0) is 44.5 Å². The third-order valence-corrected chi connectivity index (χ3v) is 2.35. The summed E-state index contributed by atoms with van der Waals surface area (Å²) in [5, 5.41) is 8.61. The number of benzene rings is 1. The van der Waals surface area contributed by atoms with Crippen LogP contribution in [0, 0.1) is 11.3 Å². The molecule has 0 aromatic heterocycles. The van der Waals surface area contributed by atoms with Crippen molar-refractivity contribution in [3.63, 3.8) is 0 Å². The first-order chi connectivity index (χ1) is 7.01. The molecule has 0 saturated heterocycles. The van der Waals surface area contributed by atoms with Crippen LogP contribution in [0.15, 0.2) is 24.3 Å². The second-order valence-electron chi connectivity index (χ2n) is 3.95. The number of nitriles is 1. The number of hydrogen-bond donors (Lipinski definition) is 0. The van der Waals surface area contributed by atoms with Crippen LogP contribution < -0.4 is 4.74 Å². The predicted octanol–water partition coefficient (Wildman–Crippen LogP) is 3.50. The highest BCUT2D eigenvalue weighted by atomic mass is 79.9. The van der Waals surface area contributed by atoms with E-state index in [0.717, 1.165) is 12.2 Å². The van der Waals surface area contributed by atoms with Gasteiger partial charge < -0.3 is 4.74 Å². The van der Waals surface area contributed by atoms with Crippen molar-refractivity contribution < 1.29 is 4.74 Å². The molecule has 1 aromatic rings. The average molecular weight is 268 g/mol. The molecule has 80 valence electrons. The minimum Gasteiger partial charge on any atom is -0.494 e. The Labute approximate surface area is 99.0 Å². The summed E-state index contributed by atoms with van der Waals surface area (Å²) in [6.07, 6.45) is 0.938. The summed E-state index contributed by atoms with van der Waals surface area (Å²) in [7, 11) is 0. The van der Waals surface area contributed by atoms with Crippen LogP contribution in [0.1, 0.15) is 25.8 Å². The largest absolute Gasteiger partial charge is 0.494 e. The van der Waals surface area contributed by atoms with E-state index in [1.54, 1.807) is 12.1 Å². The Balaban J connectivity index is 2.42. The third kappa shape index (κ3) is 4.85. The minimum atomic E-state index is 0.111. The van der Waals surface area contributed by atoms with Crippen LogP contribution in [-0.4, -0.2) is 10.9 Å². The Morgan fingerprint density at radius 2 is 1.93 bits per heavy atom. The van der Waals surface area contributed by atoms with E-state index < -0.39 is 0 Å². The van der Waals surface area contributed by atoms with Crippen LogP contribution in [0.5, 0.6) is 5.75 Å². The van der Waals surface area contributed by atoms with Crippen LogP contribution in [-0.2, 0) is 0 Å². The van der Waals surface area contributed by atoms with Gasteiger partial charge in [0.25, 0.3) is 0 Å². The van der Waals surface area contributed by atoms with Gasteiger partial charge in [-0.1, -0.05) is 15.9 Å². The summed E-state index contributed by atoms with van der Waals surface area (Å²) >= 11 is 3.55. The zero-order valence-corrected chi connectivity index (χ0v) is 10.5. The monoisotopic (exact) mass is 267 g/mol. The van der Waals surface area contributed by atoms with Crippen molar-refractivity contribution in [3.05, 3.63) is 29.8 Å². The Hall–Kier alpha value is -1.01. The summed E-state index contributed by atoms with van der Waals surface area (Å²) in [5.41, 5.74) is 0.656. The molecule has 2 nitrogen and oxygen atoms in total. The topological polar surface area (TPSA) is 33.0 Å². The fourth-order valence-electron chi connectivity index (χ4n) is 1.04. The maximum Gasteiger partial charge on any atom is 0.119 e. The number of nitrogens with zero attached hydrogens (tertiary/aromatic N) is 1. The lowest BCUT2D eigenvalue weighted by Crippen LogP contribution is -2.14. The molecule has 0 spiro atoms. The van der Waals surface area contributed by atoms with Crippen LogP contribution in [0.4, 0.5) is 0 Å². The highest BCUT2D eigenvalue weighted by Crippen LogP contribution is 2.21. The molecule has 0 atom stereocenters. The molecule has 0 N–H and O–H groups in total. The number of halogens is 1. The fraction of sp³-hybridized carbons (Fsp3) is 0.417. The van der Waals surface area contributed by atoms with Gasteiger partial charge in [-0.15, -0.1) is 0 Å².